The number of hydrogen-bond acceptors (Lipinski definition) is 4. The first-order chi connectivity index (χ1) is 13.6. The molecule has 0 spiro atoms. The Bertz CT molecular complexity index is 914. The molecule has 4 rings (SSSR count). The summed E-state index contributed by atoms with van der Waals surface area (Å²) in [6.45, 7) is 3.72. The molecule has 6 heteroatoms. The van der Waals surface area contributed by atoms with Crippen molar-refractivity contribution in [2.75, 3.05) is 29.6 Å². The molecule has 28 heavy (non-hydrogen) atoms. The van der Waals surface area contributed by atoms with E-state index in [0.717, 1.165) is 48.6 Å². The van der Waals surface area contributed by atoms with Gasteiger partial charge in [-0.1, -0.05) is 6.07 Å². The van der Waals surface area contributed by atoms with Crippen LogP contribution in [-0.4, -0.2) is 42.2 Å². The largest absolute Gasteiger partial charge is 0.351 e. The van der Waals surface area contributed by atoms with Gasteiger partial charge in [0.05, 0.1) is 11.3 Å². The maximum Gasteiger partial charge on any atom is 0.257 e. The molecule has 0 bridgehead atoms. The second-order valence-electron chi connectivity index (χ2n) is 7.18. The molecular formula is C22H25N3O2S. The zero-order valence-electron chi connectivity index (χ0n) is 16.3. The fraction of sp³-hybridized carbons (Fsp3) is 0.364. The van der Waals surface area contributed by atoms with Gasteiger partial charge in [0.2, 0.25) is 0 Å². The smallest absolute Gasteiger partial charge is 0.257 e. The van der Waals surface area contributed by atoms with E-state index in [1.807, 2.05) is 41.5 Å². The SMILES string of the molecule is CCN1c2cc(C(=O)Nc3cccc(SC)c3)ccc2C(=O)N2CCCC[C@@H]21. The summed E-state index contributed by atoms with van der Waals surface area (Å²) in [4.78, 5) is 31.1. The summed E-state index contributed by atoms with van der Waals surface area (Å²) in [6.07, 6.45) is 5.29. The van der Waals surface area contributed by atoms with Gasteiger partial charge in [-0.05, 0) is 68.8 Å². The molecule has 2 amide bonds. The van der Waals surface area contributed by atoms with Crippen LogP contribution in [0.25, 0.3) is 0 Å². The van der Waals surface area contributed by atoms with E-state index in [9.17, 15) is 9.59 Å². The molecule has 0 unspecified atom stereocenters. The van der Waals surface area contributed by atoms with Gasteiger partial charge in [-0.15, -0.1) is 11.8 Å². The fourth-order valence-electron chi connectivity index (χ4n) is 4.17. The molecule has 1 saturated heterocycles. The number of thioether (sulfide) groups is 1. The van der Waals surface area contributed by atoms with Crippen LogP contribution < -0.4 is 10.2 Å². The summed E-state index contributed by atoms with van der Waals surface area (Å²) < 4.78 is 0. The molecule has 2 aromatic carbocycles. The molecule has 2 aromatic rings. The molecule has 5 nitrogen and oxygen atoms in total. The number of amides is 2. The minimum atomic E-state index is -0.157. The molecule has 0 aromatic heterocycles. The third-order valence-electron chi connectivity index (χ3n) is 5.56. The molecule has 2 aliphatic heterocycles. The lowest BCUT2D eigenvalue weighted by atomic mass is 9.97. The lowest BCUT2D eigenvalue weighted by Crippen LogP contribution is -2.57. The first-order valence-corrected chi connectivity index (χ1v) is 11.0. The number of carbonyl (C=O) groups excluding carboxylic acids is 2. The highest BCUT2D eigenvalue weighted by molar-refractivity contribution is 7.98. The van der Waals surface area contributed by atoms with Gasteiger partial charge in [0.15, 0.2) is 0 Å². The van der Waals surface area contributed by atoms with Gasteiger partial charge >= 0.3 is 0 Å². The lowest BCUT2D eigenvalue weighted by molar-refractivity contribution is 0.0582. The predicted octanol–water partition coefficient (Wildman–Crippen LogP) is 4.45. The van der Waals surface area contributed by atoms with E-state index < -0.39 is 0 Å². The Kier molecular flexibility index (Phi) is 5.31. The quantitative estimate of drug-likeness (QED) is 0.777. The van der Waals surface area contributed by atoms with Gasteiger partial charge in [-0.3, -0.25) is 9.59 Å². The van der Waals surface area contributed by atoms with E-state index >= 15 is 0 Å². The summed E-state index contributed by atoms with van der Waals surface area (Å²) in [5.74, 6) is -0.0698. The molecule has 2 aliphatic rings. The highest BCUT2D eigenvalue weighted by Gasteiger charge is 2.38. The fourth-order valence-corrected chi connectivity index (χ4v) is 4.63. The average Bonchev–Trinajstić information content (AvgIpc) is 2.74. The van der Waals surface area contributed by atoms with Crippen molar-refractivity contribution in [1.29, 1.82) is 0 Å². The van der Waals surface area contributed by atoms with Crippen LogP contribution in [0.5, 0.6) is 0 Å². The van der Waals surface area contributed by atoms with E-state index in [2.05, 4.69) is 17.1 Å². The first-order valence-electron chi connectivity index (χ1n) is 9.79. The van der Waals surface area contributed by atoms with Gasteiger partial charge in [0, 0.05) is 29.2 Å². The molecule has 1 N–H and O–H groups in total. The van der Waals surface area contributed by atoms with E-state index in [4.69, 9.17) is 0 Å². The Morgan fingerprint density at radius 1 is 1.21 bits per heavy atom. The summed E-state index contributed by atoms with van der Waals surface area (Å²) in [5.41, 5.74) is 2.92. The number of fused-ring (bicyclic) bond motifs is 2. The van der Waals surface area contributed by atoms with Crippen molar-refractivity contribution in [3.05, 3.63) is 53.6 Å². The van der Waals surface area contributed by atoms with E-state index in [1.165, 1.54) is 0 Å². The van der Waals surface area contributed by atoms with Crippen LogP contribution in [0.15, 0.2) is 47.4 Å². The van der Waals surface area contributed by atoms with Gasteiger partial charge in [0.25, 0.3) is 11.8 Å². The summed E-state index contributed by atoms with van der Waals surface area (Å²) in [6, 6.07) is 13.2. The number of hydrogen-bond donors (Lipinski definition) is 1. The maximum absolute atomic E-state index is 13.0. The summed E-state index contributed by atoms with van der Waals surface area (Å²) >= 11 is 1.64. The maximum atomic E-state index is 13.0. The van der Waals surface area contributed by atoms with E-state index in [0.29, 0.717) is 11.1 Å². The molecule has 0 saturated carbocycles. The number of anilines is 2. The highest BCUT2D eigenvalue weighted by atomic mass is 32.2. The zero-order valence-corrected chi connectivity index (χ0v) is 17.1. The van der Waals surface area contributed by atoms with Crippen LogP contribution >= 0.6 is 11.8 Å². The van der Waals surface area contributed by atoms with Crippen LogP contribution in [-0.2, 0) is 0 Å². The van der Waals surface area contributed by atoms with Gasteiger partial charge in [0.1, 0.15) is 6.17 Å². The number of rotatable bonds is 4. The summed E-state index contributed by atoms with van der Waals surface area (Å²) in [7, 11) is 0. The number of piperidine rings is 1. The van der Waals surface area contributed by atoms with E-state index in [1.54, 1.807) is 23.9 Å². The van der Waals surface area contributed by atoms with Crippen molar-refractivity contribution in [3.8, 4) is 0 Å². The number of benzene rings is 2. The third kappa shape index (κ3) is 3.37. The van der Waals surface area contributed by atoms with Crippen molar-refractivity contribution >= 4 is 35.0 Å². The van der Waals surface area contributed by atoms with Crippen LogP contribution in [0.2, 0.25) is 0 Å². The van der Waals surface area contributed by atoms with Crippen molar-refractivity contribution in [1.82, 2.24) is 4.90 Å². The van der Waals surface area contributed by atoms with Crippen LogP contribution in [0.3, 0.4) is 0 Å². The number of nitrogens with one attached hydrogen (secondary N) is 1. The summed E-state index contributed by atoms with van der Waals surface area (Å²) in [5, 5.41) is 2.97. The Morgan fingerprint density at radius 3 is 2.86 bits per heavy atom. The van der Waals surface area contributed by atoms with Gasteiger partial charge in [-0.2, -0.15) is 0 Å². The zero-order chi connectivity index (χ0) is 19.7. The van der Waals surface area contributed by atoms with Crippen molar-refractivity contribution in [2.24, 2.45) is 0 Å². The normalized spacial score (nSPS) is 18.5. The Balaban J connectivity index is 1.64. The van der Waals surface area contributed by atoms with Crippen LogP contribution in [0, 0.1) is 0 Å². The standard InChI is InChI=1S/C22H25N3O2S/c1-3-24-19-13-15(21(26)23-16-7-6-8-17(14-16)28-2)10-11-18(19)22(27)25-12-5-4-9-20(24)25/h6-8,10-11,13-14,20H,3-5,9,12H2,1-2H3,(H,23,26)/t20-/m1/s1. The lowest BCUT2D eigenvalue weighted by Gasteiger charge is -2.47. The third-order valence-corrected chi connectivity index (χ3v) is 6.29. The van der Waals surface area contributed by atoms with Crippen molar-refractivity contribution in [2.45, 2.75) is 37.2 Å². The number of carbonyl (C=O) groups is 2. The van der Waals surface area contributed by atoms with Crippen LogP contribution in [0.1, 0.15) is 46.9 Å². The molecule has 2 heterocycles. The Hall–Kier alpha value is -2.47. The topological polar surface area (TPSA) is 52.7 Å². The van der Waals surface area contributed by atoms with Crippen molar-refractivity contribution < 1.29 is 9.59 Å². The molecule has 0 radical (unpaired) electrons. The Morgan fingerprint density at radius 2 is 2.07 bits per heavy atom. The highest BCUT2D eigenvalue weighted by Crippen LogP contribution is 2.35. The average molecular weight is 396 g/mol. The van der Waals surface area contributed by atoms with Crippen molar-refractivity contribution in [3.63, 3.8) is 0 Å². The number of nitrogens with zero attached hydrogens (tertiary/aromatic N) is 2. The first kappa shape index (κ1) is 18.9. The molecule has 1 fully saturated rings. The minimum absolute atomic E-state index is 0.0871. The monoisotopic (exact) mass is 395 g/mol. The van der Waals surface area contributed by atoms with Gasteiger partial charge < -0.3 is 15.1 Å². The Labute approximate surface area is 170 Å². The minimum Gasteiger partial charge on any atom is -0.351 e. The second-order valence-corrected chi connectivity index (χ2v) is 8.06. The van der Waals surface area contributed by atoms with Crippen LogP contribution in [0.4, 0.5) is 11.4 Å². The second kappa shape index (κ2) is 7.87. The van der Waals surface area contributed by atoms with E-state index in [-0.39, 0.29) is 18.0 Å². The molecular weight excluding hydrogens is 370 g/mol. The predicted molar refractivity (Wildman–Crippen MR) is 114 cm³/mol. The molecule has 0 aliphatic carbocycles. The molecule has 1 atom stereocenters. The van der Waals surface area contributed by atoms with Gasteiger partial charge in [-0.25, -0.2) is 0 Å². The molecule has 146 valence electrons.